The molecule has 0 saturated carbocycles. The fraction of sp³-hybridized carbons (Fsp3) is 0.300. The van der Waals surface area contributed by atoms with Crippen LogP contribution in [0.5, 0.6) is 0 Å². The molecule has 1 aromatic rings. The molecule has 3 N–H and O–H groups in total. The summed E-state index contributed by atoms with van der Waals surface area (Å²) in [5, 5.41) is 7.35. The Balaban J connectivity index is 2.92. The first-order valence-electron chi connectivity index (χ1n) is 4.33. The number of nitrogens with two attached hydrogens (primary N) is 1. The number of nitrogens with zero attached hydrogens (tertiary/aromatic N) is 1. The van der Waals surface area contributed by atoms with E-state index in [1.807, 2.05) is 38.1 Å². The summed E-state index contributed by atoms with van der Waals surface area (Å²) >= 11 is 0. The maximum atomic E-state index is 7.35. The summed E-state index contributed by atoms with van der Waals surface area (Å²) in [6.07, 6.45) is 0. The van der Waals surface area contributed by atoms with Gasteiger partial charge in [-0.3, -0.25) is 5.41 Å². The number of aryl methyl sites for hydroxylation is 1. The molecular weight excluding hydrogens is 162 g/mol. The number of rotatable bonds is 2. The largest absolute Gasteiger partial charge is 0.370 e. The van der Waals surface area contributed by atoms with Gasteiger partial charge in [-0.05, 0) is 26.0 Å². The zero-order chi connectivity index (χ0) is 9.84. The molecule has 0 saturated heterocycles. The van der Waals surface area contributed by atoms with Gasteiger partial charge in [0.2, 0.25) is 0 Å². The molecule has 0 aliphatic carbocycles. The summed E-state index contributed by atoms with van der Waals surface area (Å²) in [6, 6.07) is 7.97. The molecule has 0 aliphatic rings. The zero-order valence-corrected chi connectivity index (χ0v) is 8.04. The highest BCUT2D eigenvalue weighted by Crippen LogP contribution is 2.13. The summed E-state index contributed by atoms with van der Waals surface area (Å²) in [6.45, 7) is 4.73. The lowest BCUT2D eigenvalue weighted by molar-refractivity contribution is 1.03. The van der Waals surface area contributed by atoms with Gasteiger partial charge in [0.25, 0.3) is 0 Å². The molecule has 3 heteroatoms. The van der Waals surface area contributed by atoms with Gasteiger partial charge in [0.15, 0.2) is 5.96 Å². The predicted molar refractivity (Wildman–Crippen MR) is 56.1 cm³/mol. The predicted octanol–water partition coefficient (Wildman–Crippen LogP) is 1.71. The molecule has 0 amide bonds. The summed E-state index contributed by atoms with van der Waals surface area (Å²) in [5.74, 6) is 0.0892. The maximum Gasteiger partial charge on any atom is 0.192 e. The zero-order valence-electron chi connectivity index (χ0n) is 8.04. The van der Waals surface area contributed by atoms with Gasteiger partial charge in [0.05, 0.1) is 0 Å². The van der Waals surface area contributed by atoms with E-state index >= 15 is 0 Å². The van der Waals surface area contributed by atoms with Crippen LogP contribution in [0.3, 0.4) is 0 Å². The first-order chi connectivity index (χ1) is 6.15. The highest BCUT2D eigenvalue weighted by atomic mass is 15.2. The van der Waals surface area contributed by atoms with Gasteiger partial charge in [0, 0.05) is 12.2 Å². The number of benzene rings is 1. The SMILES string of the molecule is CCN(C(=N)N)c1ccc(C)cc1. The van der Waals surface area contributed by atoms with Crippen molar-refractivity contribution >= 4 is 11.6 Å². The van der Waals surface area contributed by atoms with E-state index in [4.69, 9.17) is 11.1 Å². The molecule has 0 bridgehead atoms. The van der Waals surface area contributed by atoms with Crippen LogP contribution in [0.1, 0.15) is 12.5 Å². The third-order valence-corrected chi connectivity index (χ3v) is 1.95. The molecule has 0 radical (unpaired) electrons. The van der Waals surface area contributed by atoms with E-state index in [2.05, 4.69) is 0 Å². The molecule has 0 spiro atoms. The molecule has 1 aromatic carbocycles. The first kappa shape index (κ1) is 9.58. The van der Waals surface area contributed by atoms with Crippen molar-refractivity contribution in [2.75, 3.05) is 11.4 Å². The Labute approximate surface area is 78.7 Å². The van der Waals surface area contributed by atoms with Gasteiger partial charge < -0.3 is 10.6 Å². The number of hydrogen-bond donors (Lipinski definition) is 2. The Bertz CT molecular complexity index is 290. The minimum absolute atomic E-state index is 0.0892. The molecule has 70 valence electrons. The van der Waals surface area contributed by atoms with Crippen LogP contribution in [0.25, 0.3) is 0 Å². The lowest BCUT2D eigenvalue weighted by Gasteiger charge is -2.20. The summed E-state index contributed by atoms with van der Waals surface area (Å²) in [5.41, 5.74) is 7.61. The highest BCUT2D eigenvalue weighted by Gasteiger charge is 2.05. The number of guanidine groups is 1. The molecule has 13 heavy (non-hydrogen) atoms. The van der Waals surface area contributed by atoms with Crippen LogP contribution in [-0.2, 0) is 0 Å². The van der Waals surface area contributed by atoms with Crippen LogP contribution < -0.4 is 10.6 Å². The fourth-order valence-corrected chi connectivity index (χ4v) is 1.22. The van der Waals surface area contributed by atoms with Crippen molar-refractivity contribution in [1.82, 2.24) is 0 Å². The third kappa shape index (κ3) is 2.21. The van der Waals surface area contributed by atoms with Crippen molar-refractivity contribution in [2.24, 2.45) is 5.73 Å². The second-order valence-corrected chi connectivity index (χ2v) is 2.97. The van der Waals surface area contributed by atoms with Crippen LogP contribution in [0.4, 0.5) is 5.69 Å². The van der Waals surface area contributed by atoms with E-state index in [9.17, 15) is 0 Å². The van der Waals surface area contributed by atoms with Crippen molar-refractivity contribution in [2.45, 2.75) is 13.8 Å². The van der Waals surface area contributed by atoms with Gasteiger partial charge >= 0.3 is 0 Å². The fourth-order valence-electron chi connectivity index (χ4n) is 1.22. The first-order valence-corrected chi connectivity index (χ1v) is 4.33. The molecule has 0 aliphatic heterocycles. The smallest absolute Gasteiger partial charge is 0.192 e. The third-order valence-electron chi connectivity index (χ3n) is 1.95. The van der Waals surface area contributed by atoms with Crippen LogP contribution in [0, 0.1) is 12.3 Å². The monoisotopic (exact) mass is 177 g/mol. The lowest BCUT2D eigenvalue weighted by Crippen LogP contribution is -2.36. The highest BCUT2D eigenvalue weighted by molar-refractivity contribution is 5.92. The Morgan fingerprint density at radius 3 is 2.31 bits per heavy atom. The van der Waals surface area contributed by atoms with E-state index in [-0.39, 0.29) is 5.96 Å². The van der Waals surface area contributed by atoms with Crippen molar-refractivity contribution in [3.05, 3.63) is 29.8 Å². The quantitative estimate of drug-likeness (QED) is 0.533. The molecular formula is C10H15N3. The normalized spacial score (nSPS) is 9.69. The minimum Gasteiger partial charge on any atom is -0.370 e. The minimum atomic E-state index is 0.0892. The van der Waals surface area contributed by atoms with Crippen LogP contribution >= 0.6 is 0 Å². The second-order valence-electron chi connectivity index (χ2n) is 2.97. The average molecular weight is 177 g/mol. The van der Waals surface area contributed by atoms with Crippen LogP contribution in [0.2, 0.25) is 0 Å². The average Bonchev–Trinajstić information content (AvgIpc) is 2.09. The van der Waals surface area contributed by atoms with Gasteiger partial charge in [-0.2, -0.15) is 0 Å². The molecule has 0 fully saturated rings. The summed E-state index contributed by atoms with van der Waals surface area (Å²) < 4.78 is 0. The van der Waals surface area contributed by atoms with E-state index < -0.39 is 0 Å². The summed E-state index contributed by atoms with van der Waals surface area (Å²) in [7, 11) is 0. The lowest BCUT2D eigenvalue weighted by atomic mass is 10.2. The van der Waals surface area contributed by atoms with Gasteiger partial charge in [-0.25, -0.2) is 0 Å². The molecule has 0 atom stereocenters. The van der Waals surface area contributed by atoms with E-state index in [0.717, 1.165) is 12.2 Å². The molecule has 0 aromatic heterocycles. The van der Waals surface area contributed by atoms with Crippen LogP contribution in [0.15, 0.2) is 24.3 Å². The van der Waals surface area contributed by atoms with Gasteiger partial charge in [0.1, 0.15) is 0 Å². The van der Waals surface area contributed by atoms with Gasteiger partial charge in [-0.15, -0.1) is 0 Å². The van der Waals surface area contributed by atoms with Crippen molar-refractivity contribution in [3.63, 3.8) is 0 Å². The van der Waals surface area contributed by atoms with Crippen LogP contribution in [-0.4, -0.2) is 12.5 Å². The second kappa shape index (κ2) is 3.94. The Hall–Kier alpha value is -1.51. The van der Waals surface area contributed by atoms with Crippen molar-refractivity contribution in [1.29, 1.82) is 5.41 Å². The van der Waals surface area contributed by atoms with Crippen molar-refractivity contribution in [3.8, 4) is 0 Å². The Morgan fingerprint density at radius 2 is 1.92 bits per heavy atom. The van der Waals surface area contributed by atoms with E-state index in [1.54, 1.807) is 4.90 Å². The maximum absolute atomic E-state index is 7.35. The molecule has 0 unspecified atom stereocenters. The summed E-state index contributed by atoms with van der Waals surface area (Å²) in [4.78, 5) is 1.75. The number of anilines is 1. The van der Waals surface area contributed by atoms with Gasteiger partial charge in [-0.1, -0.05) is 17.7 Å². The molecule has 3 nitrogen and oxygen atoms in total. The van der Waals surface area contributed by atoms with E-state index in [0.29, 0.717) is 0 Å². The van der Waals surface area contributed by atoms with E-state index in [1.165, 1.54) is 5.56 Å². The number of hydrogen-bond acceptors (Lipinski definition) is 1. The van der Waals surface area contributed by atoms with Crippen molar-refractivity contribution < 1.29 is 0 Å². The molecule has 0 heterocycles. The Morgan fingerprint density at radius 1 is 1.38 bits per heavy atom. The Kier molecular flexibility index (Phi) is 2.90. The topological polar surface area (TPSA) is 53.1 Å². The number of nitrogens with one attached hydrogen (secondary N) is 1. The standard InChI is InChI=1S/C10H15N3/c1-3-13(10(11)12)9-6-4-8(2)5-7-9/h4-7H,3H2,1-2H3,(H3,11,12). The molecule has 1 rings (SSSR count).